The zero-order valence-electron chi connectivity index (χ0n) is 16.0. The molecule has 29 heavy (non-hydrogen) atoms. The molecule has 6 nitrogen and oxygen atoms in total. The number of aliphatic hydroxyl groups is 3. The molecule has 0 amide bonds. The van der Waals surface area contributed by atoms with Gasteiger partial charge >= 0.3 is 6.18 Å². The van der Waals surface area contributed by atoms with Crippen molar-refractivity contribution in [2.24, 2.45) is 0 Å². The number of rotatable bonds is 11. The van der Waals surface area contributed by atoms with E-state index in [-0.39, 0.29) is 44.6 Å². The molecule has 162 valence electrons. The maximum atomic E-state index is 12.7. The van der Waals surface area contributed by atoms with Crippen molar-refractivity contribution in [2.45, 2.75) is 31.7 Å². The van der Waals surface area contributed by atoms with Crippen molar-refractivity contribution >= 4 is 11.3 Å². The van der Waals surface area contributed by atoms with Crippen LogP contribution in [0, 0.1) is 0 Å². The van der Waals surface area contributed by atoms with Crippen LogP contribution in [0.4, 0.5) is 13.2 Å². The van der Waals surface area contributed by atoms with E-state index < -0.39 is 17.3 Å². The van der Waals surface area contributed by atoms with E-state index in [9.17, 15) is 23.4 Å². The molecule has 0 saturated carbocycles. The van der Waals surface area contributed by atoms with Gasteiger partial charge in [0.05, 0.1) is 18.9 Å². The zero-order valence-corrected chi connectivity index (χ0v) is 16.8. The second-order valence-electron chi connectivity index (χ2n) is 6.58. The van der Waals surface area contributed by atoms with Crippen LogP contribution >= 0.6 is 11.3 Å². The fraction of sp³-hybridized carbons (Fsp3) is 0.526. The normalized spacial score (nSPS) is 14.2. The van der Waals surface area contributed by atoms with Crippen molar-refractivity contribution in [2.75, 3.05) is 32.9 Å². The number of hydrogen-bond donors (Lipinski definition) is 3. The molecule has 2 unspecified atom stereocenters. The highest BCUT2D eigenvalue weighted by Crippen LogP contribution is 2.33. The average Bonchev–Trinajstić information content (AvgIpc) is 3.18. The second kappa shape index (κ2) is 10.9. The highest BCUT2D eigenvalue weighted by Gasteiger charge is 2.35. The van der Waals surface area contributed by atoms with Crippen LogP contribution in [0.1, 0.15) is 29.3 Å². The summed E-state index contributed by atoms with van der Waals surface area (Å²) in [6.45, 7) is 2.24. The molecule has 0 aliphatic heterocycles. The van der Waals surface area contributed by atoms with Gasteiger partial charge in [-0.05, 0) is 31.0 Å². The summed E-state index contributed by atoms with van der Waals surface area (Å²) in [5, 5.41) is 28.7. The number of hydrogen-bond acceptors (Lipinski definition) is 7. The van der Waals surface area contributed by atoms with Gasteiger partial charge in [-0.25, -0.2) is 4.98 Å². The Kier molecular flexibility index (Phi) is 8.84. The summed E-state index contributed by atoms with van der Waals surface area (Å²) >= 11 is 0.452. The molecule has 0 bridgehead atoms. The first kappa shape index (κ1) is 23.6. The number of nitrogens with zero attached hydrogens (tertiary/aromatic N) is 2. The highest BCUT2D eigenvalue weighted by molar-refractivity contribution is 7.09. The number of halogens is 3. The van der Waals surface area contributed by atoms with E-state index in [2.05, 4.69) is 4.98 Å². The van der Waals surface area contributed by atoms with E-state index in [0.717, 1.165) is 5.56 Å². The predicted octanol–water partition coefficient (Wildman–Crippen LogP) is 2.49. The van der Waals surface area contributed by atoms with E-state index >= 15 is 0 Å². The number of aliphatic hydroxyl groups excluding tert-OH is 3. The second-order valence-corrected chi connectivity index (χ2v) is 7.44. The van der Waals surface area contributed by atoms with Crippen molar-refractivity contribution in [3.63, 3.8) is 0 Å². The fourth-order valence-corrected chi connectivity index (χ4v) is 3.59. The van der Waals surface area contributed by atoms with E-state index in [1.807, 2.05) is 24.0 Å². The molecule has 1 heterocycles. The van der Waals surface area contributed by atoms with Gasteiger partial charge < -0.3 is 20.1 Å². The Balaban J connectivity index is 1.99. The summed E-state index contributed by atoms with van der Waals surface area (Å²) < 4.78 is 43.5. The van der Waals surface area contributed by atoms with Crippen LogP contribution in [0.15, 0.2) is 29.6 Å². The van der Waals surface area contributed by atoms with Crippen molar-refractivity contribution < 1.29 is 33.2 Å². The zero-order chi connectivity index (χ0) is 21.4. The monoisotopic (exact) mass is 434 g/mol. The van der Waals surface area contributed by atoms with Gasteiger partial charge in [-0.15, -0.1) is 11.3 Å². The number of thiazole rings is 1. The van der Waals surface area contributed by atoms with Gasteiger partial charge in [0.25, 0.3) is 0 Å². The minimum absolute atomic E-state index is 0.0251. The predicted molar refractivity (Wildman–Crippen MR) is 103 cm³/mol. The molecule has 0 saturated heterocycles. The van der Waals surface area contributed by atoms with E-state index in [0.29, 0.717) is 23.5 Å². The van der Waals surface area contributed by atoms with Crippen molar-refractivity contribution in [3.8, 4) is 5.75 Å². The fourth-order valence-electron chi connectivity index (χ4n) is 2.86. The Morgan fingerprint density at radius 3 is 2.41 bits per heavy atom. The Bertz CT molecular complexity index is 740. The third-order valence-electron chi connectivity index (χ3n) is 4.34. The van der Waals surface area contributed by atoms with Crippen LogP contribution < -0.4 is 4.74 Å². The van der Waals surface area contributed by atoms with Crippen molar-refractivity contribution in [3.05, 3.63) is 45.9 Å². The minimum atomic E-state index is -4.53. The van der Waals surface area contributed by atoms with E-state index in [1.165, 1.54) is 5.38 Å². The number of ether oxygens (including phenoxy) is 1. The lowest BCUT2D eigenvalue weighted by molar-refractivity contribution is -0.137. The maximum Gasteiger partial charge on any atom is 0.443 e. The first-order chi connectivity index (χ1) is 13.7. The molecule has 0 radical (unpaired) electrons. The molecule has 0 aliphatic rings. The third-order valence-corrected chi connectivity index (χ3v) is 5.24. The summed E-state index contributed by atoms with van der Waals surface area (Å²) in [6, 6.07) is 7.26. The molecule has 1 aromatic carbocycles. The van der Waals surface area contributed by atoms with Gasteiger partial charge in [-0.1, -0.05) is 12.1 Å². The Labute approximate surface area is 171 Å². The summed E-state index contributed by atoms with van der Waals surface area (Å²) in [6.07, 6.45) is -5.11. The first-order valence-electron chi connectivity index (χ1n) is 9.12. The van der Waals surface area contributed by atoms with Crippen molar-refractivity contribution in [1.82, 2.24) is 9.88 Å². The molecule has 0 fully saturated rings. The highest BCUT2D eigenvalue weighted by atomic mass is 32.1. The molecule has 0 spiro atoms. The topological polar surface area (TPSA) is 86.1 Å². The molecular weight excluding hydrogens is 409 g/mol. The van der Waals surface area contributed by atoms with Crippen LogP contribution in [0.2, 0.25) is 0 Å². The molecule has 0 aliphatic carbocycles. The molecule has 2 rings (SSSR count). The molecule has 1 aromatic heterocycles. The molecule has 2 atom stereocenters. The lowest BCUT2D eigenvalue weighted by Crippen LogP contribution is -2.39. The number of aromatic nitrogens is 1. The summed E-state index contributed by atoms with van der Waals surface area (Å²) in [5.74, 6) is 0.641. The van der Waals surface area contributed by atoms with Gasteiger partial charge in [0.15, 0.2) is 5.01 Å². The van der Waals surface area contributed by atoms with Gasteiger partial charge in [-0.2, -0.15) is 13.2 Å². The molecule has 2 aromatic rings. The smallest absolute Gasteiger partial charge is 0.443 e. The number of benzene rings is 1. The third kappa shape index (κ3) is 7.23. The van der Waals surface area contributed by atoms with E-state index in [1.54, 1.807) is 12.1 Å². The molecular formula is C19H25F3N2O4S. The largest absolute Gasteiger partial charge is 0.491 e. The lowest BCUT2D eigenvalue weighted by Gasteiger charge is -2.30. The van der Waals surface area contributed by atoms with Crippen LogP contribution in [0.25, 0.3) is 0 Å². The van der Waals surface area contributed by atoms with Crippen LogP contribution in [-0.4, -0.2) is 64.2 Å². The Morgan fingerprint density at radius 2 is 1.86 bits per heavy atom. The summed E-state index contributed by atoms with van der Waals surface area (Å²) in [7, 11) is 0. The van der Waals surface area contributed by atoms with Crippen LogP contribution in [0.3, 0.4) is 0 Å². The SMILES string of the molecule is CC(Cc1ccc(OCCO)cc1)N(CCO)CC(O)c1csc(C(F)(F)F)n1. The Morgan fingerprint density at radius 1 is 1.17 bits per heavy atom. The lowest BCUT2D eigenvalue weighted by atomic mass is 10.0. The van der Waals surface area contributed by atoms with Crippen LogP contribution in [0.5, 0.6) is 5.75 Å². The summed E-state index contributed by atoms with van der Waals surface area (Å²) in [5.41, 5.74) is 0.974. The summed E-state index contributed by atoms with van der Waals surface area (Å²) in [4.78, 5) is 5.31. The average molecular weight is 434 g/mol. The van der Waals surface area contributed by atoms with Gasteiger partial charge in [-0.3, -0.25) is 4.90 Å². The van der Waals surface area contributed by atoms with Gasteiger partial charge in [0.2, 0.25) is 0 Å². The Hall–Kier alpha value is -1.72. The standard InChI is InChI=1S/C19H25F3N2O4S/c1-13(10-14-2-4-15(5-3-14)28-9-8-26)24(6-7-25)11-17(27)16-12-29-18(23-16)19(20,21)22/h2-5,12-13,17,25-27H,6-11H2,1H3. The molecule has 10 heteroatoms. The van der Waals surface area contributed by atoms with E-state index in [4.69, 9.17) is 9.84 Å². The van der Waals surface area contributed by atoms with Crippen LogP contribution in [-0.2, 0) is 12.6 Å². The first-order valence-corrected chi connectivity index (χ1v) is 10.0. The number of alkyl halides is 3. The quantitative estimate of drug-likeness (QED) is 0.504. The van der Waals surface area contributed by atoms with Gasteiger partial charge in [0.1, 0.15) is 18.5 Å². The van der Waals surface area contributed by atoms with Gasteiger partial charge in [0, 0.05) is 24.5 Å². The maximum absolute atomic E-state index is 12.7. The van der Waals surface area contributed by atoms with Crippen molar-refractivity contribution in [1.29, 1.82) is 0 Å². The minimum Gasteiger partial charge on any atom is -0.491 e. The molecule has 3 N–H and O–H groups in total.